The number of anilines is 3. The van der Waals surface area contributed by atoms with Crippen molar-refractivity contribution in [1.82, 2.24) is 9.97 Å². The topological polar surface area (TPSA) is 85.4 Å². The average Bonchev–Trinajstić information content (AvgIpc) is 2.88. The van der Waals surface area contributed by atoms with Crippen molar-refractivity contribution in [2.75, 3.05) is 17.7 Å². The highest BCUT2D eigenvalue weighted by Gasteiger charge is 2.36. The van der Waals surface area contributed by atoms with Gasteiger partial charge in [-0.25, -0.2) is 9.78 Å². The van der Waals surface area contributed by atoms with Gasteiger partial charge in [0.25, 0.3) is 0 Å². The first-order chi connectivity index (χ1) is 17.3. The van der Waals surface area contributed by atoms with Crippen molar-refractivity contribution in [2.45, 2.75) is 50.9 Å². The van der Waals surface area contributed by atoms with E-state index in [4.69, 9.17) is 9.47 Å². The number of alkyl halides is 3. The molecule has 0 aliphatic heterocycles. The van der Waals surface area contributed by atoms with Crippen LogP contribution in [-0.2, 0) is 17.5 Å². The SMILES string of the molecule is COc1cc(C(=O)OCc2ccccc2)ccc1Nc1ncc(C(F)(F)F)c(NC2CCCCC2)n1. The zero-order valence-corrected chi connectivity index (χ0v) is 19.8. The Hall–Kier alpha value is -3.82. The maximum atomic E-state index is 13.6. The highest BCUT2D eigenvalue weighted by Crippen LogP contribution is 2.36. The fourth-order valence-electron chi connectivity index (χ4n) is 4.05. The smallest absolute Gasteiger partial charge is 0.421 e. The van der Waals surface area contributed by atoms with Crippen LogP contribution < -0.4 is 15.4 Å². The van der Waals surface area contributed by atoms with Crippen LogP contribution in [0.2, 0.25) is 0 Å². The van der Waals surface area contributed by atoms with Gasteiger partial charge in [-0.15, -0.1) is 0 Å². The molecule has 4 rings (SSSR count). The molecule has 0 radical (unpaired) electrons. The molecule has 1 aromatic heterocycles. The van der Waals surface area contributed by atoms with Crippen LogP contribution in [0, 0.1) is 0 Å². The van der Waals surface area contributed by atoms with Gasteiger partial charge in [-0.2, -0.15) is 18.2 Å². The number of carbonyl (C=O) groups is 1. The van der Waals surface area contributed by atoms with E-state index in [0.29, 0.717) is 5.69 Å². The molecule has 0 atom stereocenters. The number of ether oxygens (including phenoxy) is 2. The Morgan fingerprint density at radius 3 is 2.53 bits per heavy atom. The first-order valence-electron chi connectivity index (χ1n) is 11.7. The van der Waals surface area contributed by atoms with E-state index in [0.717, 1.165) is 43.9 Å². The molecule has 2 N–H and O–H groups in total. The predicted octanol–water partition coefficient (Wildman–Crippen LogP) is 6.35. The van der Waals surface area contributed by atoms with Crippen molar-refractivity contribution >= 4 is 23.4 Å². The monoisotopic (exact) mass is 500 g/mol. The van der Waals surface area contributed by atoms with Gasteiger partial charge in [0.15, 0.2) is 0 Å². The summed E-state index contributed by atoms with van der Waals surface area (Å²) in [5, 5.41) is 5.86. The number of hydrogen-bond acceptors (Lipinski definition) is 7. The maximum absolute atomic E-state index is 13.6. The molecule has 7 nitrogen and oxygen atoms in total. The van der Waals surface area contributed by atoms with E-state index in [9.17, 15) is 18.0 Å². The lowest BCUT2D eigenvalue weighted by Gasteiger charge is -2.25. The van der Waals surface area contributed by atoms with Crippen LogP contribution in [-0.4, -0.2) is 29.1 Å². The molecule has 2 aromatic carbocycles. The molecule has 0 unspecified atom stereocenters. The van der Waals surface area contributed by atoms with E-state index in [1.165, 1.54) is 19.2 Å². The van der Waals surface area contributed by atoms with E-state index in [1.54, 1.807) is 6.07 Å². The second-order valence-electron chi connectivity index (χ2n) is 8.53. The molecule has 36 heavy (non-hydrogen) atoms. The van der Waals surface area contributed by atoms with E-state index in [-0.39, 0.29) is 35.7 Å². The minimum absolute atomic E-state index is 0.0287. The van der Waals surface area contributed by atoms with E-state index in [1.807, 2.05) is 30.3 Å². The number of aromatic nitrogens is 2. The Morgan fingerprint density at radius 1 is 1.08 bits per heavy atom. The van der Waals surface area contributed by atoms with Crippen LogP contribution in [0.25, 0.3) is 0 Å². The molecule has 1 saturated carbocycles. The number of halogens is 3. The van der Waals surface area contributed by atoms with Crippen LogP contribution in [0.1, 0.15) is 53.6 Å². The lowest BCUT2D eigenvalue weighted by atomic mass is 9.95. The first-order valence-corrected chi connectivity index (χ1v) is 11.7. The molecule has 0 spiro atoms. The molecule has 0 saturated heterocycles. The maximum Gasteiger partial charge on any atom is 0.421 e. The Bertz CT molecular complexity index is 1180. The summed E-state index contributed by atoms with van der Waals surface area (Å²) in [4.78, 5) is 20.5. The van der Waals surface area contributed by atoms with Gasteiger partial charge < -0.3 is 20.1 Å². The van der Waals surface area contributed by atoms with Gasteiger partial charge >= 0.3 is 12.1 Å². The number of carbonyl (C=O) groups excluding carboxylic acids is 1. The van der Waals surface area contributed by atoms with Gasteiger partial charge in [0.05, 0.1) is 18.4 Å². The number of nitrogens with one attached hydrogen (secondary N) is 2. The van der Waals surface area contributed by atoms with E-state index in [2.05, 4.69) is 20.6 Å². The van der Waals surface area contributed by atoms with Crippen molar-refractivity contribution in [3.8, 4) is 5.75 Å². The Labute approximate surface area is 207 Å². The summed E-state index contributed by atoms with van der Waals surface area (Å²) in [6, 6.07) is 13.8. The van der Waals surface area contributed by atoms with Gasteiger partial charge in [0, 0.05) is 12.2 Å². The van der Waals surface area contributed by atoms with Crippen molar-refractivity contribution in [1.29, 1.82) is 0 Å². The number of hydrogen-bond donors (Lipinski definition) is 2. The molecular weight excluding hydrogens is 473 g/mol. The number of rotatable bonds is 8. The predicted molar refractivity (Wildman–Crippen MR) is 129 cm³/mol. The standard InChI is InChI=1S/C26H27F3N4O3/c1-35-22-14-18(24(34)36-16-17-8-4-2-5-9-17)12-13-21(22)32-25-30-15-20(26(27,28)29)23(33-25)31-19-10-6-3-7-11-19/h2,4-5,8-9,12-15,19H,3,6-7,10-11,16H2,1H3,(H2,30,31,32,33). The molecule has 1 aliphatic carbocycles. The number of esters is 1. The lowest BCUT2D eigenvalue weighted by molar-refractivity contribution is -0.137. The summed E-state index contributed by atoms with van der Waals surface area (Å²) in [7, 11) is 1.42. The molecule has 1 heterocycles. The minimum atomic E-state index is -4.59. The van der Waals surface area contributed by atoms with Gasteiger partial charge in [-0.1, -0.05) is 49.6 Å². The second kappa shape index (κ2) is 11.3. The van der Waals surface area contributed by atoms with Crippen LogP contribution >= 0.6 is 0 Å². The van der Waals surface area contributed by atoms with E-state index < -0.39 is 17.7 Å². The summed E-state index contributed by atoms with van der Waals surface area (Å²) in [6.07, 6.45) is 0.770. The van der Waals surface area contributed by atoms with Crippen LogP contribution in [0.3, 0.4) is 0 Å². The molecule has 0 amide bonds. The highest BCUT2D eigenvalue weighted by molar-refractivity contribution is 5.91. The summed E-state index contributed by atoms with van der Waals surface area (Å²) in [5.41, 5.74) is 0.595. The van der Waals surface area contributed by atoms with Crippen LogP contribution in [0.4, 0.5) is 30.6 Å². The molecular formula is C26H27F3N4O3. The Balaban J connectivity index is 1.51. The Kier molecular flexibility index (Phi) is 7.92. The third-order valence-electron chi connectivity index (χ3n) is 5.94. The van der Waals surface area contributed by atoms with Crippen molar-refractivity contribution in [3.63, 3.8) is 0 Å². The highest BCUT2D eigenvalue weighted by atomic mass is 19.4. The van der Waals surface area contributed by atoms with Crippen molar-refractivity contribution in [2.24, 2.45) is 0 Å². The van der Waals surface area contributed by atoms with Gasteiger partial charge in [-0.3, -0.25) is 0 Å². The quantitative estimate of drug-likeness (QED) is 0.349. The van der Waals surface area contributed by atoms with E-state index >= 15 is 0 Å². The number of benzene rings is 2. The third kappa shape index (κ3) is 6.44. The first kappa shape index (κ1) is 25.3. The summed E-state index contributed by atoms with van der Waals surface area (Å²) in [6.45, 7) is 0.123. The van der Waals surface area contributed by atoms with Gasteiger partial charge in [-0.05, 0) is 36.6 Å². The number of nitrogens with zero attached hydrogens (tertiary/aromatic N) is 2. The summed E-state index contributed by atoms with van der Waals surface area (Å²) >= 11 is 0. The third-order valence-corrected chi connectivity index (χ3v) is 5.94. The van der Waals surface area contributed by atoms with Crippen molar-refractivity contribution < 1.29 is 27.4 Å². The molecule has 10 heteroatoms. The minimum Gasteiger partial charge on any atom is -0.495 e. The normalized spacial score (nSPS) is 14.2. The summed E-state index contributed by atoms with van der Waals surface area (Å²) < 4.78 is 51.4. The van der Waals surface area contributed by atoms with Gasteiger partial charge in [0.1, 0.15) is 23.7 Å². The van der Waals surface area contributed by atoms with Crippen LogP contribution in [0.5, 0.6) is 5.75 Å². The fraction of sp³-hybridized carbons (Fsp3) is 0.346. The molecule has 1 fully saturated rings. The fourth-order valence-corrected chi connectivity index (χ4v) is 4.05. The molecule has 0 bridgehead atoms. The molecule has 3 aromatic rings. The van der Waals surface area contributed by atoms with Crippen LogP contribution in [0.15, 0.2) is 54.7 Å². The zero-order valence-electron chi connectivity index (χ0n) is 19.8. The van der Waals surface area contributed by atoms with Gasteiger partial charge in [0.2, 0.25) is 5.95 Å². The molecule has 190 valence electrons. The number of methoxy groups -OCH3 is 1. The lowest BCUT2D eigenvalue weighted by Crippen LogP contribution is -2.25. The second-order valence-corrected chi connectivity index (χ2v) is 8.53. The molecule has 1 aliphatic rings. The summed E-state index contributed by atoms with van der Waals surface area (Å²) in [5.74, 6) is -0.533. The Morgan fingerprint density at radius 2 is 1.83 bits per heavy atom. The average molecular weight is 501 g/mol. The zero-order chi connectivity index (χ0) is 25.5. The largest absolute Gasteiger partial charge is 0.495 e. The van der Waals surface area contributed by atoms with Crippen molar-refractivity contribution in [3.05, 3.63) is 71.4 Å².